The first-order chi connectivity index (χ1) is 11.7. The maximum atomic E-state index is 11.7. The third kappa shape index (κ3) is 16.2. The number of amides is 1. The van der Waals surface area contributed by atoms with Crippen LogP contribution in [0.5, 0.6) is 0 Å². The van der Waals surface area contributed by atoms with Gasteiger partial charge in [-0.25, -0.2) is 0 Å². The van der Waals surface area contributed by atoms with Crippen LogP contribution in [0.15, 0.2) is 0 Å². The van der Waals surface area contributed by atoms with Crippen molar-refractivity contribution in [3.05, 3.63) is 0 Å². The van der Waals surface area contributed by atoms with Gasteiger partial charge < -0.3 is 24.6 Å². The third-order valence-electron chi connectivity index (χ3n) is 3.88. The quantitative estimate of drug-likeness (QED) is 0.372. The van der Waals surface area contributed by atoms with Crippen molar-refractivity contribution in [1.82, 2.24) is 5.32 Å². The Labute approximate surface area is 147 Å². The van der Waals surface area contributed by atoms with Crippen LogP contribution < -0.4 is 5.32 Å². The Bertz CT molecular complexity index is 272. The zero-order valence-electron chi connectivity index (χ0n) is 15.6. The van der Waals surface area contributed by atoms with Crippen LogP contribution in [0.2, 0.25) is 0 Å². The summed E-state index contributed by atoms with van der Waals surface area (Å²) in [5.74, 6) is 0.125. The van der Waals surface area contributed by atoms with E-state index in [0.717, 1.165) is 32.3 Å². The summed E-state index contributed by atoms with van der Waals surface area (Å²) < 4.78 is 15.4. The first-order valence-electron chi connectivity index (χ1n) is 9.21. The molecule has 0 rings (SSSR count). The fraction of sp³-hybridized carbons (Fsp3) is 0.944. The van der Waals surface area contributed by atoms with Crippen LogP contribution in [0.25, 0.3) is 0 Å². The van der Waals surface area contributed by atoms with E-state index in [1.807, 2.05) is 0 Å². The van der Waals surface area contributed by atoms with E-state index in [9.17, 15) is 4.79 Å². The van der Waals surface area contributed by atoms with Gasteiger partial charge in [-0.3, -0.25) is 4.79 Å². The van der Waals surface area contributed by atoms with Crippen molar-refractivity contribution in [2.24, 2.45) is 0 Å². The Balaban J connectivity index is 3.24. The van der Waals surface area contributed by atoms with Crippen molar-refractivity contribution in [2.75, 3.05) is 47.2 Å². The second-order valence-electron chi connectivity index (χ2n) is 6.04. The smallest absolute Gasteiger partial charge is 0.219 e. The molecule has 0 aliphatic rings. The van der Waals surface area contributed by atoms with Crippen molar-refractivity contribution in [2.45, 2.75) is 63.9 Å². The van der Waals surface area contributed by atoms with Gasteiger partial charge in [-0.15, -0.1) is 0 Å². The van der Waals surface area contributed by atoms with Crippen LogP contribution in [0, 0.1) is 0 Å². The lowest BCUT2D eigenvalue weighted by Gasteiger charge is -2.12. The second kappa shape index (κ2) is 18.6. The van der Waals surface area contributed by atoms with E-state index in [0.29, 0.717) is 26.2 Å². The Morgan fingerprint density at radius 2 is 1.62 bits per heavy atom. The number of aliphatic hydroxyl groups excluding tert-OH is 1. The molecule has 0 saturated carbocycles. The van der Waals surface area contributed by atoms with Gasteiger partial charge >= 0.3 is 0 Å². The Morgan fingerprint density at radius 1 is 0.958 bits per heavy atom. The number of hydrogen-bond donors (Lipinski definition) is 2. The molecule has 0 radical (unpaired) electrons. The number of aliphatic hydroxyl groups is 1. The molecule has 1 atom stereocenters. The minimum Gasteiger partial charge on any atom is -0.394 e. The molecule has 1 amide bonds. The number of ether oxygens (including phenoxy) is 3. The highest BCUT2D eigenvalue weighted by molar-refractivity contribution is 5.75. The average Bonchev–Trinajstić information content (AvgIpc) is 2.59. The molecule has 6 heteroatoms. The van der Waals surface area contributed by atoms with E-state index in [-0.39, 0.29) is 18.6 Å². The van der Waals surface area contributed by atoms with E-state index in [2.05, 4.69) is 5.32 Å². The molecular formula is C18H37NO5. The highest BCUT2D eigenvalue weighted by Gasteiger charge is 2.05. The first kappa shape index (κ1) is 23.3. The van der Waals surface area contributed by atoms with Gasteiger partial charge in [-0.1, -0.05) is 32.1 Å². The van der Waals surface area contributed by atoms with Crippen molar-refractivity contribution in [3.8, 4) is 0 Å². The summed E-state index contributed by atoms with van der Waals surface area (Å²) in [5, 5.41) is 11.8. The molecule has 0 heterocycles. The van der Waals surface area contributed by atoms with Gasteiger partial charge in [-0.05, 0) is 19.3 Å². The number of carbonyl (C=O) groups excluding carboxylic acids is 1. The lowest BCUT2D eigenvalue weighted by Crippen LogP contribution is -2.26. The lowest BCUT2D eigenvalue weighted by molar-refractivity contribution is -0.121. The fourth-order valence-electron chi connectivity index (χ4n) is 2.32. The second-order valence-corrected chi connectivity index (χ2v) is 6.04. The zero-order chi connectivity index (χ0) is 17.9. The van der Waals surface area contributed by atoms with Gasteiger partial charge in [0.05, 0.1) is 13.2 Å². The molecule has 0 aliphatic carbocycles. The minimum absolute atomic E-state index is 0.0413. The molecule has 144 valence electrons. The monoisotopic (exact) mass is 347 g/mol. The summed E-state index contributed by atoms with van der Waals surface area (Å²) >= 11 is 0. The van der Waals surface area contributed by atoms with Crippen molar-refractivity contribution < 1.29 is 24.1 Å². The molecule has 0 fully saturated rings. The van der Waals surface area contributed by atoms with Crippen LogP contribution >= 0.6 is 0 Å². The summed E-state index contributed by atoms with van der Waals surface area (Å²) in [7, 11) is 3.29. The normalized spacial score (nSPS) is 12.3. The average molecular weight is 347 g/mol. The van der Waals surface area contributed by atoms with Crippen molar-refractivity contribution in [1.29, 1.82) is 0 Å². The van der Waals surface area contributed by atoms with E-state index in [4.69, 9.17) is 19.3 Å². The summed E-state index contributed by atoms with van der Waals surface area (Å²) in [6.45, 7) is 2.39. The topological polar surface area (TPSA) is 77.0 Å². The third-order valence-corrected chi connectivity index (χ3v) is 3.88. The maximum Gasteiger partial charge on any atom is 0.219 e. The fourth-order valence-corrected chi connectivity index (χ4v) is 2.32. The SMILES string of the molecule is COCCCCCCCCCC(=O)NCCCOCC(CO)OC. The Kier molecular flexibility index (Phi) is 18.1. The van der Waals surface area contributed by atoms with E-state index in [1.165, 1.54) is 25.7 Å². The van der Waals surface area contributed by atoms with Crippen LogP contribution in [0.1, 0.15) is 57.8 Å². The van der Waals surface area contributed by atoms with Crippen LogP contribution in [0.3, 0.4) is 0 Å². The molecule has 6 nitrogen and oxygen atoms in total. The minimum atomic E-state index is -0.264. The lowest BCUT2D eigenvalue weighted by atomic mass is 10.1. The molecule has 0 aromatic carbocycles. The zero-order valence-corrected chi connectivity index (χ0v) is 15.6. The molecule has 0 aromatic rings. The van der Waals surface area contributed by atoms with Gasteiger partial charge in [0.1, 0.15) is 6.10 Å². The number of methoxy groups -OCH3 is 2. The summed E-state index contributed by atoms with van der Waals surface area (Å²) in [5.41, 5.74) is 0. The molecule has 0 bridgehead atoms. The number of carbonyl (C=O) groups is 1. The van der Waals surface area contributed by atoms with Crippen LogP contribution in [0.4, 0.5) is 0 Å². The number of nitrogens with one attached hydrogen (secondary N) is 1. The standard InChI is InChI=1S/C18H37NO5/c1-22-13-9-7-5-3-4-6-8-11-18(21)19-12-10-14-24-16-17(15-20)23-2/h17,20H,3-16H2,1-2H3,(H,19,21). The molecule has 2 N–H and O–H groups in total. The van der Waals surface area contributed by atoms with Crippen LogP contribution in [-0.2, 0) is 19.0 Å². The highest BCUT2D eigenvalue weighted by atomic mass is 16.5. The van der Waals surface area contributed by atoms with Gasteiger partial charge in [0.25, 0.3) is 0 Å². The largest absolute Gasteiger partial charge is 0.394 e. The predicted octanol–water partition coefficient (Wildman–Crippen LogP) is 2.28. The van der Waals surface area contributed by atoms with Gasteiger partial charge in [0.2, 0.25) is 5.91 Å². The molecule has 24 heavy (non-hydrogen) atoms. The number of hydrogen-bond acceptors (Lipinski definition) is 5. The summed E-state index contributed by atoms with van der Waals surface area (Å²) in [6, 6.07) is 0. The number of unbranched alkanes of at least 4 members (excludes halogenated alkanes) is 6. The number of rotatable bonds is 18. The van der Waals surface area contributed by atoms with E-state index >= 15 is 0 Å². The van der Waals surface area contributed by atoms with Crippen molar-refractivity contribution >= 4 is 5.91 Å². The van der Waals surface area contributed by atoms with Crippen LogP contribution in [-0.4, -0.2) is 64.3 Å². The summed E-state index contributed by atoms with van der Waals surface area (Å²) in [6.07, 6.45) is 9.31. The molecule has 0 aromatic heterocycles. The molecular weight excluding hydrogens is 310 g/mol. The van der Waals surface area contributed by atoms with Gasteiger partial charge in [0.15, 0.2) is 0 Å². The molecule has 0 spiro atoms. The highest BCUT2D eigenvalue weighted by Crippen LogP contribution is 2.08. The van der Waals surface area contributed by atoms with Crippen molar-refractivity contribution in [3.63, 3.8) is 0 Å². The van der Waals surface area contributed by atoms with Gasteiger partial charge in [0, 0.05) is 40.4 Å². The first-order valence-corrected chi connectivity index (χ1v) is 9.21. The van der Waals surface area contributed by atoms with E-state index < -0.39 is 0 Å². The molecule has 0 aliphatic heterocycles. The predicted molar refractivity (Wildman–Crippen MR) is 95.1 cm³/mol. The Hall–Kier alpha value is -0.690. The Morgan fingerprint density at radius 3 is 2.25 bits per heavy atom. The molecule has 1 unspecified atom stereocenters. The van der Waals surface area contributed by atoms with E-state index in [1.54, 1.807) is 14.2 Å². The summed E-state index contributed by atoms with van der Waals surface area (Å²) in [4.78, 5) is 11.7. The maximum absolute atomic E-state index is 11.7. The van der Waals surface area contributed by atoms with Gasteiger partial charge in [-0.2, -0.15) is 0 Å². The molecule has 0 saturated heterocycles.